The molecule has 0 unspecified atom stereocenters. The molecule has 0 radical (unpaired) electrons. The van der Waals surface area contributed by atoms with Gasteiger partial charge in [-0.25, -0.2) is 9.18 Å². The highest BCUT2D eigenvalue weighted by atomic mass is 19.1. The average Bonchev–Trinajstić information content (AvgIpc) is 2.45. The second-order valence-electron chi connectivity index (χ2n) is 5.04. The van der Waals surface area contributed by atoms with E-state index in [9.17, 15) is 9.18 Å². The lowest BCUT2D eigenvalue weighted by Crippen LogP contribution is -2.30. The molecule has 2 rings (SSSR count). The summed E-state index contributed by atoms with van der Waals surface area (Å²) in [5.74, 6) is -0.241. The maximum absolute atomic E-state index is 13.4. The molecule has 110 valence electrons. The Morgan fingerprint density at radius 3 is 2.67 bits per heavy atom. The molecule has 4 heteroatoms. The zero-order valence-corrected chi connectivity index (χ0v) is 12.2. The van der Waals surface area contributed by atoms with Crippen LogP contribution >= 0.6 is 0 Å². The SMILES string of the molecule is Cc1ccc(C)c(NC(=O)NCCc2ccccc2F)c1. The van der Waals surface area contributed by atoms with Crippen LogP contribution in [0, 0.1) is 19.7 Å². The Hall–Kier alpha value is -2.36. The zero-order valence-electron chi connectivity index (χ0n) is 12.2. The average molecular weight is 286 g/mol. The summed E-state index contributed by atoms with van der Waals surface area (Å²) in [6.45, 7) is 4.30. The predicted molar refractivity (Wildman–Crippen MR) is 83.0 cm³/mol. The fourth-order valence-electron chi connectivity index (χ4n) is 2.05. The minimum atomic E-state index is -0.278. The monoisotopic (exact) mass is 286 g/mol. The van der Waals surface area contributed by atoms with Crippen molar-refractivity contribution in [1.82, 2.24) is 5.32 Å². The molecule has 0 aromatic heterocycles. The van der Waals surface area contributed by atoms with Gasteiger partial charge in [0.05, 0.1) is 0 Å². The summed E-state index contributed by atoms with van der Waals surface area (Å²) >= 11 is 0. The minimum Gasteiger partial charge on any atom is -0.338 e. The third kappa shape index (κ3) is 4.31. The normalized spacial score (nSPS) is 10.2. The molecule has 0 heterocycles. The number of anilines is 1. The molecule has 2 amide bonds. The molecule has 0 saturated carbocycles. The van der Waals surface area contributed by atoms with Crippen LogP contribution in [0.5, 0.6) is 0 Å². The first kappa shape index (κ1) is 15.0. The minimum absolute atomic E-state index is 0.241. The maximum Gasteiger partial charge on any atom is 0.319 e. The molecule has 0 spiro atoms. The molecule has 2 aromatic carbocycles. The van der Waals surface area contributed by atoms with Crippen molar-refractivity contribution in [2.24, 2.45) is 0 Å². The molecule has 0 aliphatic heterocycles. The van der Waals surface area contributed by atoms with Crippen molar-refractivity contribution in [2.45, 2.75) is 20.3 Å². The zero-order chi connectivity index (χ0) is 15.2. The van der Waals surface area contributed by atoms with Crippen molar-refractivity contribution >= 4 is 11.7 Å². The van der Waals surface area contributed by atoms with E-state index in [1.807, 2.05) is 32.0 Å². The van der Waals surface area contributed by atoms with Gasteiger partial charge < -0.3 is 10.6 Å². The number of halogens is 1. The van der Waals surface area contributed by atoms with Crippen molar-refractivity contribution in [3.05, 3.63) is 65.0 Å². The van der Waals surface area contributed by atoms with Gasteiger partial charge in [0.25, 0.3) is 0 Å². The highest BCUT2D eigenvalue weighted by Crippen LogP contribution is 2.16. The molecular weight excluding hydrogens is 267 g/mol. The number of hydrogen-bond donors (Lipinski definition) is 2. The van der Waals surface area contributed by atoms with Gasteiger partial charge in [-0.2, -0.15) is 0 Å². The number of nitrogens with one attached hydrogen (secondary N) is 2. The Labute approximate surface area is 124 Å². The molecule has 21 heavy (non-hydrogen) atoms. The van der Waals surface area contributed by atoms with Gasteiger partial charge in [0.1, 0.15) is 5.82 Å². The van der Waals surface area contributed by atoms with E-state index < -0.39 is 0 Å². The van der Waals surface area contributed by atoms with Gasteiger partial charge in [0, 0.05) is 12.2 Å². The van der Waals surface area contributed by atoms with Crippen LogP contribution in [-0.4, -0.2) is 12.6 Å². The lowest BCUT2D eigenvalue weighted by atomic mass is 10.1. The molecule has 2 aromatic rings. The molecule has 3 nitrogen and oxygen atoms in total. The van der Waals surface area contributed by atoms with Crippen LogP contribution in [0.25, 0.3) is 0 Å². The topological polar surface area (TPSA) is 41.1 Å². The smallest absolute Gasteiger partial charge is 0.319 e. The van der Waals surface area contributed by atoms with Crippen molar-refractivity contribution in [3.8, 4) is 0 Å². The van der Waals surface area contributed by atoms with E-state index in [0.717, 1.165) is 16.8 Å². The van der Waals surface area contributed by atoms with E-state index in [1.54, 1.807) is 18.2 Å². The van der Waals surface area contributed by atoms with Crippen LogP contribution in [0.4, 0.5) is 14.9 Å². The number of aryl methyl sites for hydroxylation is 2. The highest BCUT2D eigenvalue weighted by molar-refractivity contribution is 5.90. The standard InChI is InChI=1S/C17H19FN2O/c1-12-7-8-13(2)16(11-12)20-17(21)19-10-9-14-5-3-4-6-15(14)18/h3-8,11H,9-10H2,1-2H3,(H2,19,20,21). The molecular formula is C17H19FN2O. The summed E-state index contributed by atoms with van der Waals surface area (Å²) in [5, 5.41) is 5.54. The maximum atomic E-state index is 13.4. The number of benzene rings is 2. The van der Waals surface area contributed by atoms with Crippen molar-refractivity contribution in [1.29, 1.82) is 0 Å². The molecule has 0 bridgehead atoms. The van der Waals surface area contributed by atoms with E-state index in [1.165, 1.54) is 6.07 Å². The Balaban J connectivity index is 1.85. The summed E-state index contributed by atoms with van der Waals surface area (Å²) in [7, 11) is 0. The van der Waals surface area contributed by atoms with Crippen molar-refractivity contribution in [2.75, 3.05) is 11.9 Å². The van der Waals surface area contributed by atoms with E-state index >= 15 is 0 Å². The van der Waals surface area contributed by atoms with Crippen LogP contribution in [0.3, 0.4) is 0 Å². The molecule has 0 aliphatic carbocycles. The van der Waals surface area contributed by atoms with Gasteiger partial charge in [-0.1, -0.05) is 30.3 Å². The van der Waals surface area contributed by atoms with Crippen LogP contribution in [0.15, 0.2) is 42.5 Å². The number of carbonyl (C=O) groups is 1. The number of amides is 2. The van der Waals surface area contributed by atoms with E-state index in [0.29, 0.717) is 18.5 Å². The van der Waals surface area contributed by atoms with Gasteiger partial charge in [-0.15, -0.1) is 0 Å². The first-order valence-electron chi connectivity index (χ1n) is 6.92. The lowest BCUT2D eigenvalue weighted by molar-refractivity contribution is 0.252. The summed E-state index contributed by atoms with van der Waals surface area (Å²) in [5.41, 5.74) is 3.48. The molecule has 0 fully saturated rings. The molecule has 0 atom stereocenters. The molecule has 2 N–H and O–H groups in total. The largest absolute Gasteiger partial charge is 0.338 e. The fraction of sp³-hybridized carbons (Fsp3) is 0.235. The predicted octanol–water partition coefficient (Wildman–Crippen LogP) is 3.81. The Bertz CT molecular complexity index is 640. The molecule has 0 saturated heterocycles. The molecule has 0 aliphatic rings. The summed E-state index contributed by atoms with van der Waals surface area (Å²) < 4.78 is 13.4. The quantitative estimate of drug-likeness (QED) is 0.881. The van der Waals surface area contributed by atoms with Gasteiger partial charge in [-0.3, -0.25) is 0 Å². The van der Waals surface area contributed by atoms with E-state index in [4.69, 9.17) is 0 Å². The van der Waals surface area contributed by atoms with E-state index in [2.05, 4.69) is 10.6 Å². The van der Waals surface area contributed by atoms with Crippen LogP contribution in [-0.2, 0) is 6.42 Å². The second kappa shape index (κ2) is 6.88. The first-order valence-corrected chi connectivity index (χ1v) is 6.92. The van der Waals surface area contributed by atoms with Crippen LogP contribution in [0.1, 0.15) is 16.7 Å². The third-order valence-corrected chi connectivity index (χ3v) is 3.28. The second-order valence-corrected chi connectivity index (χ2v) is 5.04. The Morgan fingerprint density at radius 2 is 1.90 bits per heavy atom. The highest BCUT2D eigenvalue weighted by Gasteiger charge is 2.05. The van der Waals surface area contributed by atoms with Gasteiger partial charge in [0.2, 0.25) is 0 Å². The summed E-state index contributed by atoms with van der Waals surface area (Å²) in [4.78, 5) is 11.8. The van der Waals surface area contributed by atoms with Crippen LogP contribution < -0.4 is 10.6 Å². The number of carbonyl (C=O) groups excluding carboxylic acids is 1. The third-order valence-electron chi connectivity index (χ3n) is 3.28. The lowest BCUT2D eigenvalue weighted by Gasteiger charge is -2.11. The van der Waals surface area contributed by atoms with Gasteiger partial charge in [0.15, 0.2) is 0 Å². The Morgan fingerprint density at radius 1 is 1.14 bits per heavy atom. The summed E-state index contributed by atoms with van der Waals surface area (Å²) in [6.07, 6.45) is 0.465. The number of urea groups is 1. The number of rotatable bonds is 4. The van der Waals surface area contributed by atoms with Crippen molar-refractivity contribution in [3.63, 3.8) is 0 Å². The van der Waals surface area contributed by atoms with E-state index in [-0.39, 0.29) is 11.8 Å². The fourth-order valence-corrected chi connectivity index (χ4v) is 2.05. The van der Waals surface area contributed by atoms with Gasteiger partial charge in [-0.05, 0) is 49.1 Å². The van der Waals surface area contributed by atoms with Crippen molar-refractivity contribution < 1.29 is 9.18 Å². The van der Waals surface area contributed by atoms with Crippen LogP contribution in [0.2, 0.25) is 0 Å². The number of hydrogen-bond acceptors (Lipinski definition) is 1. The first-order chi connectivity index (χ1) is 10.1. The Kier molecular flexibility index (Phi) is 4.93. The van der Waals surface area contributed by atoms with Gasteiger partial charge >= 0.3 is 6.03 Å². The summed E-state index contributed by atoms with van der Waals surface area (Å²) in [6, 6.07) is 12.2.